The van der Waals surface area contributed by atoms with Gasteiger partial charge in [0, 0.05) is 11.3 Å². The van der Waals surface area contributed by atoms with E-state index in [9.17, 15) is 0 Å². The molecular weight excluding hydrogens is 228 g/mol. The molecule has 17 heavy (non-hydrogen) atoms. The predicted molar refractivity (Wildman–Crippen MR) is 74.5 cm³/mol. The maximum Gasteiger partial charge on any atom is 0.180 e. The summed E-state index contributed by atoms with van der Waals surface area (Å²) >= 11 is 1.59. The Balaban J connectivity index is 2.11. The molecule has 0 fully saturated rings. The number of aryl methyl sites for hydroxylation is 2. The zero-order chi connectivity index (χ0) is 12.3. The lowest BCUT2D eigenvalue weighted by molar-refractivity contribution is 0.920. The fourth-order valence-corrected chi connectivity index (χ4v) is 2.78. The van der Waals surface area contributed by atoms with Gasteiger partial charge in [-0.25, -0.2) is 4.98 Å². The molecular formula is C14H18N2S. The van der Waals surface area contributed by atoms with Gasteiger partial charge in [-0.1, -0.05) is 37.6 Å². The summed E-state index contributed by atoms with van der Waals surface area (Å²) < 4.78 is 0. The van der Waals surface area contributed by atoms with Crippen molar-refractivity contribution in [3.05, 3.63) is 46.0 Å². The van der Waals surface area contributed by atoms with Crippen molar-refractivity contribution in [2.75, 3.05) is 5.73 Å². The number of rotatable bonds is 4. The van der Waals surface area contributed by atoms with Crippen molar-refractivity contribution in [3.8, 4) is 0 Å². The molecule has 0 radical (unpaired) electrons. The van der Waals surface area contributed by atoms with Crippen LogP contribution in [-0.4, -0.2) is 4.98 Å². The van der Waals surface area contributed by atoms with Gasteiger partial charge < -0.3 is 5.73 Å². The third kappa shape index (κ3) is 3.07. The van der Waals surface area contributed by atoms with E-state index < -0.39 is 0 Å². The molecule has 0 unspecified atom stereocenters. The van der Waals surface area contributed by atoms with Gasteiger partial charge in [0.05, 0.1) is 5.69 Å². The third-order valence-electron chi connectivity index (χ3n) is 2.84. The van der Waals surface area contributed by atoms with Crippen molar-refractivity contribution in [2.45, 2.75) is 33.1 Å². The number of thiazole rings is 1. The molecule has 0 bridgehead atoms. The number of nitrogens with two attached hydrogens (primary N) is 1. The summed E-state index contributed by atoms with van der Waals surface area (Å²) in [5.41, 5.74) is 9.51. The van der Waals surface area contributed by atoms with Gasteiger partial charge in [-0.2, -0.15) is 0 Å². The first kappa shape index (κ1) is 12.1. The smallest absolute Gasteiger partial charge is 0.180 e. The molecule has 0 aliphatic carbocycles. The standard InChI is InChI=1S/C14H18N2S/c1-3-4-11-5-7-12(8-6-11)9-13-10(2)16-14(15)17-13/h5-8H,3-4,9H2,1-2H3,(H2,15,16). The van der Waals surface area contributed by atoms with Gasteiger partial charge in [-0.15, -0.1) is 11.3 Å². The normalized spacial score (nSPS) is 10.7. The van der Waals surface area contributed by atoms with Crippen LogP contribution in [0.4, 0.5) is 5.13 Å². The van der Waals surface area contributed by atoms with Crippen molar-refractivity contribution in [1.29, 1.82) is 0 Å². The molecule has 1 aromatic carbocycles. The third-order valence-corrected chi connectivity index (χ3v) is 3.82. The second kappa shape index (κ2) is 5.32. The van der Waals surface area contributed by atoms with Crippen LogP contribution in [0.3, 0.4) is 0 Å². The number of hydrogen-bond acceptors (Lipinski definition) is 3. The molecule has 2 N–H and O–H groups in total. The van der Waals surface area contributed by atoms with E-state index >= 15 is 0 Å². The molecule has 1 heterocycles. The molecule has 90 valence electrons. The highest BCUT2D eigenvalue weighted by Gasteiger charge is 2.06. The largest absolute Gasteiger partial charge is 0.375 e. The summed E-state index contributed by atoms with van der Waals surface area (Å²) in [5, 5.41) is 0.667. The Labute approximate surface area is 107 Å². The second-order valence-electron chi connectivity index (χ2n) is 4.30. The Morgan fingerprint density at radius 2 is 1.82 bits per heavy atom. The Bertz CT molecular complexity index is 485. The molecule has 0 amide bonds. The molecule has 0 atom stereocenters. The molecule has 3 heteroatoms. The lowest BCUT2D eigenvalue weighted by atomic mass is 10.1. The van der Waals surface area contributed by atoms with Crippen molar-refractivity contribution >= 4 is 16.5 Å². The number of nitrogen functional groups attached to an aromatic ring is 1. The van der Waals surface area contributed by atoms with Crippen molar-refractivity contribution in [2.24, 2.45) is 0 Å². The summed E-state index contributed by atoms with van der Waals surface area (Å²) in [6.45, 7) is 4.23. The summed E-state index contributed by atoms with van der Waals surface area (Å²) in [6.07, 6.45) is 3.30. The summed E-state index contributed by atoms with van der Waals surface area (Å²) in [6, 6.07) is 8.86. The van der Waals surface area contributed by atoms with E-state index in [0.717, 1.165) is 18.5 Å². The maximum absolute atomic E-state index is 5.70. The SMILES string of the molecule is CCCc1ccc(Cc2sc(N)nc2C)cc1. The number of aromatic nitrogens is 1. The highest BCUT2D eigenvalue weighted by Crippen LogP contribution is 2.23. The van der Waals surface area contributed by atoms with E-state index in [2.05, 4.69) is 36.2 Å². The van der Waals surface area contributed by atoms with Crippen molar-refractivity contribution in [3.63, 3.8) is 0 Å². The highest BCUT2D eigenvalue weighted by atomic mass is 32.1. The molecule has 0 aliphatic rings. The van der Waals surface area contributed by atoms with Gasteiger partial charge in [0.2, 0.25) is 0 Å². The lowest BCUT2D eigenvalue weighted by Crippen LogP contribution is -1.89. The van der Waals surface area contributed by atoms with Gasteiger partial charge in [0.25, 0.3) is 0 Å². The molecule has 0 aliphatic heterocycles. The first-order valence-electron chi connectivity index (χ1n) is 5.98. The van der Waals surface area contributed by atoms with Gasteiger partial charge >= 0.3 is 0 Å². The van der Waals surface area contributed by atoms with E-state index in [4.69, 9.17) is 5.73 Å². The topological polar surface area (TPSA) is 38.9 Å². The number of hydrogen-bond donors (Lipinski definition) is 1. The zero-order valence-corrected chi connectivity index (χ0v) is 11.2. The Kier molecular flexibility index (Phi) is 3.79. The minimum atomic E-state index is 0.667. The first-order valence-corrected chi connectivity index (χ1v) is 6.80. The van der Waals surface area contributed by atoms with Gasteiger partial charge in [-0.3, -0.25) is 0 Å². The minimum Gasteiger partial charge on any atom is -0.375 e. The van der Waals surface area contributed by atoms with Crippen molar-refractivity contribution in [1.82, 2.24) is 4.98 Å². The molecule has 0 saturated heterocycles. The van der Waals surface area contributed by atoms with Gasteiger partial charge in [0.1, 0.15) is 0 Å². The van der Waals surface area contributed by atoms with Crippen LogP contribution in [0.2, 0.25) is 0 Å². The highest BCUT2D eigenvalue weighted by molar-refractivity contribution is 7.15. The zero-order valence-electron chi connectivity index (χ0n) is 10.4. The van der Waals surface area contributed by atoms with E-state index in [1.807, 2.05) is 6.92 Å². The van der Waals surface area contributed by atoms with Crippen LogP contribution in [-0.2, 0) is 12.8 Å². The fourth-order valence-electron chi connectivity index (χ4n) is 1.91. The predicted octanol–water partition coefficient (Wildman–Crippen LogP) is 3.58. The fraction of sp³-hybridized carbons (Fsp3) is 0.357. The van der Waals surface area contributed by atoms with E-state index in [1.165, 1.54) is 22.4 Å². The maximum atomic E-state index is 5.70. The van der Waals surface area contributed by atoms with Crippen LogP contribution in [0.25, 0.3) is 0 Å². The Hall–Kier alpha value is -1.35. The average molecular weight is 246 g/mol. The monoisotopic (exact) mass is 246 g/mol. The summed E-state index contributed by atoms with van der Waals surface area (Å²) in [5.74, 6) is 0. The van der Waals surface area contributed by atoms with Crippen LogP contribution >= 0.6 is 11.3 Å². The number of anilines is 1. The summed E-state index contributed by atoms with van der Waals surface area (Å²) in [4.78, 5) is 5.52. The van der Waals surface area contributed by atoms with E-state index in [-0.39, 0.29) is 0 Å². The molecule has 2 aromatic rings. The van der Waals surface area contributed by atoms with Crippen LogP contribution in [0.15, 0.2) is 24.3 Å². The average Bonchev–Trinajstić information content (AvgIpc) is 2.61. The lowest BCUT2D eigenvalue weighted by Gasteiger charge is -2.02. The number of benzene rings is 1. The second-order valence-corrected chi connectivity index (χ2v) is 5.42. The van der Waals surface area contributed by atoms with Crippen LogP contribution in [0, 0.1) is 6.92 Å². The Morgan fingerprint density at radius 3 is 2.35 bits per heavy atom. The van der Waals surface area contributed by atoms with Crippen LogP contribution < -0.4 is 5.73 Å². The molecule has 0 spiro atoms. The van der Waals surface area contributed by atoms with E-state index in [1.54, 1.807) is 11.3 Å². The van der Waals surface area contributed by atoms with Crippen molar-refractivity contribution < 1.29 is 0 Å². The minimum absolute atomic E-state index is 0.667. The van der Waals surface area contributed by atoms with Crippen LogP contribution in [0.5, 0.6) is 0 Å². The summed E-state index contributed by atoms with van der Waals surface area (Å²) in [7, 11) is 0. The first-order chi connectivity index (χ1) is 8.19. The van der Waals surface area contributed by atoms with Gasteiger partial charge in [0.15, 0.2) is 5.13 Å². The molecule has 2 rings (SSSR count). The number of nitrogens with zero attached hydrogens (tertiary/aromatic N) is 1. The van der Waals surface area contributed by atoms with Crippen LogP contribution in [0.1, 0.15) is 35.0 Å². The van der Waals surface area contributed by atoms with E-state index in [0.29, 0.717) is 5.13 Å². The van der Waals surface area contributed by atoms with Gasteiger partial charge in [-0.05, 0) is 24.5 Å². The quantitative estimate of drug-likeness (QED) is 0.895. The molecule has 1 aromatic heterocycles. The molecule has 0 saturated carbocycles. The molecule has 2 nitrogen and oxygen atoms in total. The Morgan fingerprint density at radius 1 is 1.18 bits per heavy atom.